The molecule has 2 heterocycles. The summed E-state index contributed by atoms with van der Waals surface area (Å²) < 4.78 is 11.8. The van der Waals surface area contributed by atoms with Crippen LogP contribution in [0, 0.1) is 5.92 Å². The third kappa shape index (κ3) is 11.4. The van der Waals surface area contributed by atoms with E-state index in [0.29, 0.717) is 19.7 Å². The molecule has 0 bridgehead atoms. The van der Waals surface area contributed by atoms with Crippen molar-refractivity contribution in [3.05, 3.63) is 155 Å². The molecular formula is C48H53ClN4O4S. The fourth-order valence-electron chi connectivity index (χ4n) is 8.00. The fraction of sp³-hybridized carbons (Fsp3) is 0.333. The summed E-state index contributed by atoms with van der Waals surface area (Å²) in [6.45, 7) is 6.69. The molecule has 1 N–H and O–H groups in total. The Morgan fingerprint density at radius 1 is 0.741 bits per heavy atom. The Bertz CT molecular complexity index is 2070. The van der Waals surface area contributed by atoms with Crippen LogP contribution in [0.5, 0.6) is 5.75 Å². The molecule has 0 spiro atoms. The van der Waals surface area contributed by atoms with E-state index in [2.05, 4.69) is 82.0 Å². The molecule has 5 aromatic carbocycles. The van der Waals surface area contributed by atoms with E-state index in [1.54, 1.807) is 11.8 Å². The van der Waals surface area contributed by atoms with Gasteiger partial charge in [-0.3, -0.25) is 9.69 Å². The van der Waals surface area contributed by atoms with Gasteiger partial charge < -0.3 is 24.6 Å². The number of thioether (sulfide) groups is 1. The molecule has 8 nitrogen and oxygen atoms in total. The Labute approximate surface area is 352 Å². The van der Waals surface area contributed by atoms with E-state index in [1.807, 2.05) is 71.6 Å². The highest BCUT2D eigenvalue weighted by molar-refractivity contribution is 7.98. The molecule has 2 aliphatic heterocycles. The third-order valence-corrected chi connectivity index (χ3v) is 12.4. The maximum atomic E-state index is 14.4. The fourth-order valence-corrected chi connectivity index (χ4v) is 8.79. The van der Waals surface area contributed by atoms with Crippen molar-refractivity contribution in [1.82, 2.24) is 20.0 Å². The van der Waals surface area contributed by atoms with E-state index in [0.717, 1.165) is 80.4 Å². The van der Waals surface area contributed by atoms with Crippen molar-refractivity contribution >= 4 is 35.4 Å². The van der Waals surface area contributed by atoms with Crippen LogP contribution in [0.3, 0.4) is 0 Å². The summed E-state index contributed by atoms with van der Waals surface area (Å²) in [5.74, 6) is 0.827. The second kappa shape index (κ2) is 20.8. The van der Waals surface area contributed by atoms with Gasteiger partial charge in [0, 0.05) is 49.2 Å². The van der Waals surface area contributed by atoms with E-state index in [-0.39, 0.29) is 18.4 Å². The SMILES string of the molecule is CSc1ccc(OCc2ccccc2)cc1CN1CCN(C(=O)[C@H](NC(=O)OCc2ccccc2)C2CCN(CCc3cc(Cl)ccc3-c3ccccc3)CC2)CC1. The summed E-state index contributed by atoms with van der Waals surface area (Å²) in [5, 5.41) is 3.78. The Balaban J connectivity index is 0.963. The number of benzene rings is 5. The van der Waals surface area contributed by atoms with Crippen LogP contribution in [-0.2, 0) is 35.7 Å². The van der Waals surface area contributed by atoms with Gasteiger partial charge in [0.2, 0.25) is 5.91 Å². The summed E-state index contributed by atoms with van der Waals surface area (Å²) in [6, 6.07) is 42.1. The molecule has 0 aromatic heterocycles. The standard InChI is InChI=1S/C48H53ClN4O4S/c1-58-45-20-18-43(56-34-36-11-5-2-6-12-36)32-41(45)33-52-27-29-53(30-28-52)47(54)46(50-48(55)57-35-37-13-7-3-8-14-37)39-21-24-51(25-22-39)26-23-40-31-42(49)17-19-44(40)38-15-9-4-10-16-38/h2-20,31-32,39,46H,21-30,33-35H2,1H3,(H,50,55)/t46-/m1/s1. The van der Waals surface area contributed by atoms with Crippen LogP contribution in [0.2, 0.25) is 5.02 Å². The van der Waals surface area contributed by atoms with Crippen molar-refractivity contribution in [3.63, 3.8) is 0 Å². The monoisotopic (exact) mass is 816 g/mol. The first-order chi connectivity index (χ1) is 28.4. The van der Waals surface area contributed by atoms with Gasteiger partial charge in [0.15, 0.2) is 0 Å². The zero-order valence-electron chi connectivity index (χ0n) is 33.2. The first-order valence-corrected chi connectivity index (χ1v) is 21.9. The molecular weight excluding hydrogens is 764 g/mol. The van der Waals surface area contributed by atoms with Gasteiger partial charge in [0.1, 0.15) is 25.0 Å². The molecule has 5 aromatic rings. The van der Waals surface area contributed by atoms with Crippen molar-refractivity contribution in [2.45, 2.75) is 50.0 Å². The molecule has 0 aliphatic carbocycles. The van der Waals surface area contributed by atoms with Crippen LogP contribution in [0.25, 0.3) is 11.1 Å². The number of carbonyl (C=O) groups is 2. The van der Waals surface area contributed by atoms with Crippen LogP contribution in [0.4, 0.5) is 4.79 Å². The van der Waals surface area contributed by atoms with Crippen LogP contribution in [-0.4, -0.2) is 84.8 Å². The number of likely N-dealkylation sites (tertiary alicyclic amines) is 1. The normalized spacial score (nSPS) is 15.8. The summed E-state index contributed by atoms with van der Waals surface area (Å²) in [7, 11) is 0. The molecule has 302 valence electrons. The highest BCUT2D eigenvalue weighted by Crippen LogP contribution is 2.30. The number of hydrogen-bond acceptors (Lipinski definition) is 7. The van der Waals surface area contributed by atoms with E-state index in [4.69, 9.17) is 21.1 Å². The average Bonchev–Trinajstić information content (AvgIpc) is 3.27. The Hall–Kier alpha value is -4.80. The largest absolute Gasteiger partial charge is 0.489 e. The lowest BCUT2D eigenvalue weighted by molar-refractivity contribution is -0.137. The van der Waals surface area contributed by atoms with E-state index in [1.165, 1.54) is 27.1 Å². The number of alkyl carbamates (subject to hydrolysis) is 1. The third-order valence-electron chi connectivity index (χ3n) is 11.3. The molecule has 2 amide bonds. The van der Waals surface area contributed by atoms with Gasteiger partial charge >= 0.3 is 6.09 Å². The number of nitrogens with one attached hydrogen (secondary N) is 1. The minimum Gasteiger partial charge on any atom is -0.489 e. The first kappa shape index (κ1) is 41.4. The van der Waals surface area contributed by atoms with Gasteiger partial charge in [0.05, 0.1) is 0 Å². The Morgan fingerprint density at radius 3 is 2.07 bits per heavy atom. The lowest BCUT2D eigenvalue weighted by Gasteiger charge is -2.40. The van der Waals surface area contributed by atoms with Gasteiger partial charge in [0.25, 0.3) is 0 Å². The number of amides is 2. The highest BCUT2D eigenvalue weighted by Gasteiger charge is 2.36. The van der Waals surface area contributed by atoms with Crippen LogP contribution < -0.4 is 10.1 Å². The second-order valence-electron chi connectivity index (χ2n) is 15.1. The summed E-state index contributed by atoms with van der Waals surface area (Å²) in [5.41, 5.74) is 6.87. The summed E-state index contributed by atoms with van der Waals surface area (Å²) in [4.78, 5) is 35.7. The molecule has 2 saturated heterocycles. The lowest BCUT2D eigenvalue weighted by atomic mass is 9.88. The van der Waals surface area contributed by atoms with Gasteiger partial charge in [-0.15, -0.1) is 11.8 Å². The van der Waals surface area contributed by atoms with E-state index < -0.39 is 12.1 Å². The van der Waals surface area contributed by atoms with Crippen molar-refractivity contribution in [2.24, 2.45) is 5.92 Å². The topological polar surface area (TPSA) is 74.3 Å². The van der Waals surface area contributed by atoms with Gasteiger partial charge in [-0.1, -0.05) is 109 Å². The number of hydrogen-bond donors (Lipinski definition) is 1. The molecule has 58 heavy (non-hydrogen) atoms. The van der Waals surface area contributed by atoms with Gasteiger partial charge in [-0.25, -0.2) is 4.79 Å². The minimum atomic E-state index is -0.656. The van der Waals surface area contributed by atoms with Gasteiger partial charge in [-0.2, -0.15) is 0 Å². The van der Waals surface area contributed by atoms with Crippen LogP contribution in [0.15, 0.2) is 132 Å². The van der Waals surface area contributed by atoms with Crippen LogP contribution >= 0.6 is 23.4 Å². The maximum Gasteiger partial charge on any atom is 0.408 e. The van der Waals surface area contributed by atoms with Crippen LogP contribution in [0.1, 0.15) is 35.1 Å². The Morgan fingerprint density at radius 2 is 1.40 bits per heavy atom. The summed E-state index contributed by atoms with van der Waals surface area (Å²) >= 11 is 8.20. The maximum absolute atomic E-state index is 14.4. The predicted molar refractivity (Wildman–Crippen MR) is 234 cm³/mol. The predicted octanol–water partition coefficient (Wildman–Crippen LogP) is 9.20. The quantitative estimate of drug-likeness (QED) is 0.106. The molecule has 7 rings (SSSR count). The smallest absolute Gasteiger partial charge is 0.408 e. The van der Waals surface area contributed by atoms with Crippen molar-refractivity contribution < 1.29 is 19.1 Å². The number of carbonyl (C=O) groups excluding carboxylic acids is 2. The highest BCUT2D eigenvalue weighted by atomic mass is 35.5. The van der Waals surface area contributed by atoms with Crippen molar-refractivity contribution in [1.29, 1.82) is 0 Å². The molecule has 2 aliphatic rings. The molecule has 2 fully saturated rings. The van der Waals surface area contributed by atoms with E-state index >= 15 is 0 Å². The Kier molecular flexibility index (Phi) is 14.8. The minimum absolute atomic E-state index is 0.000123. The molecule has 0 radical (unpaired) electrons. The van der Waals surface area contributed by atoms with Crippen molar-refractivity contribution in [2.75, 3.05) is 52.1 Å². The molecule has 1 atom stereocenters. The number of piperazine rings is 1. The van der Waals surface area contributed by atoms with Gasteiger partial charge in [-0.05, 0) is 108 Å². The molecule has 0 unspecified atom stereocenters. The summed E-state index contributed by atoms with van der Waals surface area (Å²) in [6.07, 6.45) is 4.02. The van der Waals surface area contributed by atoms with E-state index in [9.17, 15) is 9.59 Å². The second-order valence-corrected chi connectivity index (χ2v) is 16.4. The average molecular weight is 817 g/mol. The zero-order chi connectivity index (χ0) is 40.1. The molecule has 0 saturated carbocycles. The zero-order valence-corrected chi connectivity index (χ0v) is 34.8. The lowest BCUT2D eigenvalue weighted by Crippen LogP contribution is -2.58. The molecule has 10 heteroatoms. The number of ether oxygens (including phenoxy) is 2. The van der Waals surface area contributed by atoms with Crippen molar-refractivity contribution in [3.8, 4) is 16.9 Å². The number of piperidine rings is 1. The number of rotatable bonds is 15. The number of halogens is 1. The number of nitrogens with zero attached hydrogens (tertiary/aromatic N) is 3. The first-order valence-electron chi connectivity index (χ1n) is 20.3.